The zero-order valence-corrected chi connectivity index (χ0v) is 11.2. The number of hydrogen-bond donors (Lipinski definition) is 1. The molecule has 0 fully saturated rings. The summed E-state index contributed by atoms with van der Waals surface area (Å²) < 4.78 is 5.30. The van der Waals surface area contributed by atoms with Crippen molar-refractivity contribution in [3.8, 4) is 5.75 Å². The Hall–Kier alpha value is -1.74. The normalized spacial score (nSPS) is 10.2. The second kappa shape index (κ2) is 5.74. The summed E-state index contributed by atoms with van der Waals surface area (Å²) in [5.41, 5.74) is 3.10. The van der Waals surface area contributed by atoms with Crippen LogP contribution in [-0.2, 0) is 6.54 Å². The molecule has 1 aromatic heterocycles. The zero-order valence-electron chi connectivity index (χ0n) is 10.4. The fourth-order valence-corrected chi connectivity index (χ4v) is 1.97. The fourth-order valence-electron chi connectivity index (χ4n) is 1.73. The summed E-state index contributed by atoms with van der Waals surface area (Å²) in [6.07, 6.45) is 3.58. The largest absolute Gasteiger partial charge is 0.496 e. The van der Waals surface area contributed by atoms with Gasteiger partial charge in [0.05, 0.1) is 19.0 Å². The second-order valence-corrected chi connectivity index (χ2v) is 4.37. The molecule has 0 spiro atoms. The maximum absolute atomic E-state index is 6.18. The summed E-state index contributed by atoms with van der Waals surface area (Å²) in [5.74, 6) is 0.788. The van der Waals surface area contributed by atoms with Gasteiger partial charge in [0.15, 0.2) is 0 Å². The van der Waals surface area contributed by atoms with Gasteiger partial charge in [-0.1, -0.05) is 17.7 Å². The quantitative estimate of drug-likeness (QED) is 0.913. The molecule has 4 heteroatoms. The molecule has 1 heterocycles. The van der Waals surface area contributed by atoms with E-state index >= 15 is 0 Å². The molecule has 0 unspecified atom stereocenters. The van der Waals surface area contributed by atoms with E-state index in [0.717, 1.165) is 22.6 Å². The lowest BCUT2D eigenvalue weighted by molar-refractivity contribution is 0.410. The van der Waals surface area contributed by atoms with Crippen LogP contribution in [0.3, 0.4) is 0 Å². The van der Waals surface area contributed by atoms with E-state index in [1.165, 1.54) is 0 Å². The number of halogens is 1. The third kappa shape index (κ3) is 2.74. The molecule has 0 saturated carbocycles. The number of nitrogens with zero attached hydrogens (tertiary/aromatic N) is 1. The maximum atomic E-state index is 6.18. The molecular weight excluding hydrogens is 248 g/mol. The third-order valence-corrected chi connectivity index (χ3v) is 3.14. The molecule has 1 N–H and O–H groups in total. The summed E-state index contributed by atoms with van der Waals surface area (Å²) in [6.45, 7) is 2.64. The molecule has 0 atom stereocenters. The first-order valence-corrected chi connectivity index (χ1v) is 6.06. The van der Waals surface area contributed by atoms with Crippen molar-refractivity contribution < 1.29 is 4.74 Å². The molecule has 2 aromatic rings. The average Bonchev–Trinajstić information content (AvgIpc) is 2.39. The van der Waals surface area contributed by atoms with Gasteiger partial charge in [0.25, 0.3) is 0 Å². The number of pyridine rings is 1. The highest BCUT2D eigenvalue weighted by molar-refractivity contribution is 6.31. The monoisotopic (exact) mass is 262 g/mol. The first kappa shape index (κ1) is 12.7. The van der Waals surface area contributed by atoms with Gasteiger partial charge in [0.1, 0.15) is 5.75 Å². The topological polar surface area (TPSA) is 34.1 Å². The molecule has 0 aliphatic heterocycles. The summed E-state index contributed by atoms with van der Waals surface area (Å²) >= 11 is 6.18. The lowest BCUT2D eigenvalue weighted by Crippen LogP contribution is -2.04. The van der Waals surface area contributed by atoms with Gasteiger partial charge in [-0.25, -0.2) is 0 Å². The van der Waals surface area contributed by atoms with Gasteiger partial charge in [0, 0.05) is 23.3 Å². The van der Waals surface area contributed by atoms with Gasteiger partial charge >= 0.3 is 0 Å². The number of aryl methyl sites for hydroxylation is 1. The standard InChI is InChI=1S/C14H15ClN2O/c1-10-6-7-16-9-13(10)17-8-11-12(15)4-3-5-14(11)18-2/h3-7,9,17H,8H2,1-2H3. The summed E-state index contributed by atoms with van der Waals surface area (Å²) in [5, 5.41) is 4.02. The average molecular weight is 263 g/mol. The van der Waals surface area contributed by atoms with Crippen LogP contribution in [-0.4, -0.2) is 12.1 Å². The smallest absolute Gasteiger partial charge is 0.125 e. The first-order chi connectivity index (χ1) is 8.72. The van der Waals surface area contributed by atoms with Crippen molar-refractivity contribution >= 4 is 17.3 Å². The van der Waals surface area contributed by atoms with Crippen LogP contribution in [0, 0.1) is 6.92 Å². The highest BCUT2D eigenvalue weighted by Crippen LogP contribution is 2.27. The molecule has 0 amide bonds. The van der Waals surface area contributed by atoms with Crippen LogP contribution < -0.4 is 10.1 Å². The number of nitrogens with one attached hydrogen (secondary N) is 1. The van der Waals surface area contributed by atoms with Crippen LogP contribution in [0.25, 0.3) is 0 Å². The number of anilines is 1. The Bertz CT molecular complexity index is 543. The molecule has 94 valence electrons. The highest BCUT2D eigenvalue weighted by Gasteiger charge is 2.07. The highest BCUT2D eigenvalue weighted by atomic mass is 35.5. The number of aromatic nitrogens is 1. The van der Waals surface area contributed by atoms with Crippen molar-refractivity contribution in [2.45, 2.75) is 13.5 Å². The predicted octanol–water partition coefficient (Wildman–Crippen LogP) is 3.66. The number of methoxy groups -OCH3 is 1. The predicted molar refractivity (Wildman–Crippen MR) is 74.3 cm³/mol. The Kier molecular flexibility index (Phi) is 4.05. The second-order valence-electron chi connectivity index (χ2n) is 3.96. The van der Waals surface area contributed by atoms with E-state index in [2.05, 4.69) is 10.3 Å². The molecule has 3 nitrogen and oxygen atoms in total. The van der Waals surface area contributed by atoms with Gasteiger partial charge in [-0.3, -0.25) is 4.98 Å². The number of hydrogen-bond acceptors (Lipinski definition) is 3. The molecule has 2 rings (SSSR count). The van der Waals surface area contributed by atoms with E-state index in [1.54, 1.807) is 19.5 Å². The minimum Gasteiger partial charge on any atom is -0.496 e. The van der Waals surface area contributed by atoms with E-state index in [1.807, 2.05) is 31.2 Å². The summed E-state index contributed by atoms with van der Waals surface area (Å²) in [7, 11) is 1.64. The van der Waals surface area contributed by atoms with Gasteiger partial charge in [-0.05, 0) is 30.7 Å². The SMILES string of the molecule is COc1cccc(Cl)c1CNc1cnccc1C. The van der Waals surface area contributed by atoms with Crippen LogP contribution in [0.2, 0.25) is 5.02 Å². The molecule has 0 aliphatic rings. The summed E-state index contributed by atoms with van der Waals surface area (Å²) in [4.78, 5) is 4.10. The van der Waals surface area contributed by atoms with E-state index in [-0.39, 0.29) is 0 Å². The van der Waals surface area contributed by atoms with Crippen LogP contribution in [0.1, 0.15) is 11.1 Å². The van der Waals surface area contributed by atoms with Crippen LogP contribution in [0.4, 0.5) is 5.69 Å². The minimum absolute atomic E-state index is 0.607. The van der Waals surface area contributed by atoms with Gasteiger partial charge < -0.3 is 10.1 Å². The number of rotatable bonds is 4. The van der Waals surface area contributed by atoms with Gasteiger partial charge in [-0.2, -0.15) is 0 Å². The molecule has 18 heavy (non-hydrogen) atoms. The minimum atomic E-state index is 0.607. The van der Waals surface area contributed by atoms with E-state index in [0.29, 0.717) is 11.6 Å². The molecule has 0 saturated heterocycles. The lowest BCUT2D eigenvalue weighted by atomic mass is 10.2. The van der Waals surface area contributed by atoms with Crippen LogP contribution in [0.15, 0.2) is 36.7 Å². The molecular formula is C14H15ClN2O. The Balaban J connectivity index is 2.18. The van der Waals surface area contributed by atoms with Crippen molar-refractivity contribution in [3.05, 3.63) is 52.8 Å². The summed E-state index contributed by atoms with van der Waals surface area (Å²) in [6, 6.07) is 7.60. The van der Waals surface area contributed by atoms with Crippen molar-refractivity contribution in [2.24, 2.45) is 0 Å². The van der Waals surface area contributed by atoms with Crippen molar-refractivity contribution in [1.29, 1.82) is 0 Å². The lowest BCUT2D eigenvalue weighted by Gasteiger charge is -2.13. The molecule has 0 radical (unpaired) electrons. The molecule has 0 bridgehead atoms. The van der Waals surface area contributed by atoms with Crippen LogP contribution in [0.5, 0.6) is 5.75 Å². The van der Waals surface area contributed by atoms with Gasteiger partial charge in [-0.15, -0.1) is 0 Å². The number of benzene rings is 1. The fraction of sp³-hybridized carbons (Fsp3) is 0.214. The Morgan fingerprint density at radius 2 is 2.17 bits per heavy atom. The van der Waals surface area contributed by atoms with Crippen LogP contribution >= 0.6 is 11.6 Å². The van der Waals surface area contributed by atoms with E-state index in [9.17, 15) is 0 Å². The van der Waals surface area contributed by atoms with E-state index < -0.39 is 0 Å². The molecule has 0 aliphatic carbocycles. The number of ether oxygens (including phenoxy) is 1. The van der Waals surface area contributed by atoms with Crippen molar-refractivity contribution in [1.82, 2.24) is 4.98 Å². The van der Waals surface area contributed by atoms with Gasteiger partial charge in [0.2, 0.25) is 0 Å². The third-order valence-electron chi connectivity index (χ3n) is 2.79. The Morgan fingerprint density at radius 3 is 2.89 bits per heavy atom. The molecule has 1 aromatic carbocycles. The zero-order chi connectivity index (χ0) is 13.0. The Labute approximate surface area is 112 Å². The van der Waals surface area contributed by atoms with Crippen molar-refractivity contribution in [2.75, 3.05) is 12.4 Å². The maximum Gasteiger partial charge on any atom is 0.125 e. The Morgan fingerprint density at radius 1 is 1.33 bits per heavy atom. The van der Waals surface area contributed by atoms with Crippen molar-refractivity contribution in [3.63, 3.8) is 0 Å². The first-order valence-electron chi connectivity index (χ1n) is 5.68. The van der Waals surface area contributed by atoms with E-state index in [4.69, 9.17) is 16.3 Å².